The second-order valence-electron chi connectivity index (χ2n) is 6.47. The monoisotopic (exact) mass is 396 g/mol. The third kappa shape index (κ3) is 3.98. The van der Waals surface area contributed by atoms with E-state index in [2.05, 4.69) is 4.72 Å². The van der Waals surface area contributed by atoms with Crippen LogP contribution in [0.5, 0.6) is 0 Å². The van der Waals surface area contributed by atoms with Crippen molar-refractivity contribution in [2.24, 2.45) is 5.14 Å². The first kappa shape index (κ1) is 20.6. The smallest absolute Gasteiger partial charge is 0.225 e. The summed E-state index contributed by atoms with van der Waals surface area (Å²) in [6.07, 6.45) is 0. The lowest BCUT2D eigenvalue weighted by atomic mass is 9.95. The van der Waals surface area contributed by atoms with Crippen LogP contribution >= 0.6 is 0 Å². The number of nitrogens with two attached hydrogens (primary N) is 1. The third-order valence-corrected chi connectivity index (χ3v) is 7.48. The highest BCUT2D eigenvalue weighted by atomic mass is 32.2. The number of nitrogens with one attached hydrogen (secondary N) is 1. The van der Waals surface area contributed by atoms with Crippen molar-refractivity contribution in [2.45, 2.75) is 51.0 Å². The Morgan fingerprint density at radius 2 is 1.35 bits per heavy atom. The molecule has 8 heteroatoms. The first-order valence-electron chi connectivity index (χ1n) is 8.04. The van der Waals surface area contributed by atoms with Gasteiger partial charge in [0, 0.05) is 6.54 Å². The normalized spacial score (nSPS) is 12.4. The van der Waals surface area contributed by atoms with Crippen LogP contribution in [0.3, 0.4) is 0 Å². The molecular formula is C18H24N2O4S2. The summed E-state index contributed by atoms with van der Waals surface area (Å²) in [6, 6.07) is 5.90. The molecule has 0 unspecified atom stereocenters. The molecule has 26 heavy (non-hydrogen) atoms. The van der Waals surface area contributed by atoms with E-state index in [1.807, 2.05) is 20.8 Å². The SMILES string of the molecule is Cc1c(C)c(C)c(S(=O)(=O)NCc2cccc(S(N)(=O)=O)c2)c(C)c1C. The van der Waals surface area contributed by atoms with Gasteiger partial charge in [-0.1, -0.05) is 12.1 Å². The molecule has 2 rings (SSSR count). The van der Waals surface area contributed by atoms with Gasteiger partial charge in [0.25, 0.3) is 0 Å². The van der Waals surface area contributed by atoms with Crippen molar-refractivity contribution >= 4 is 20.0 Å². The number of primary sulfonamides is 1. The van der Waals surface area contributed by atoms with Gasteiger partial charge in [0.2, 0.25) is 20.0 Å². The summed E-state index contributed by atoms with van der Waals surface area (Å²) in [6.45, 7) is 9.36. The molecule has 0 fully saturated rings. The molecule has 0 aliphatic carbocycles. The highest BCUT2D eigenvalue weighted by Gasteiger charge is 2.23. The van der Waals surface area contributed by atoms with E-state index in [4.69, 9.17) is 5.14 Å². The number of hydrogen-bond donors (Lipinski definition) is 2. The lowest BCUT2D eigenvalue weighted by Crippen LogP contribution is -2.26. The zero-order valence-corrected chi connectivity index (χ0v) is 17.2. The standard InChI is InChI=1S/C18H24N2O4S2/c1-11-12(2)14(4)18(15(5)13(11)3)26(23,24)20-10-16-7-6-8-17(9-16)25(19,21)22/h6-9,20H,10H2,1-5H3,(H2,19,21,22). The van der Waals surface area contributed by atoms with Gasteiger partial charge in [-0.2, -0.15) is 0 Å². The third-order valence-electron chi connectivity index (χ3n) is 4.89. The minimum absolute atomic E-state index is 0.0312. The van der Waals surface area contributed by atoms with Crippen LogP contribution in [0.2, 0.25) is 0 Å². The van der Waals surface area contributed by atoms with Crippen molar-refractivity contribution in [3.8, 4) is 0 Å². The summed E-state index contributed by atoms with van der Waals surface area (Å²) in [7, 11) is -7.60. The van der Waals surface area contributed by atoms with E-state index >= 15 is 0 Å². The number of hydrogen-bond acceptors (Lipinski definition) is 4. The summed E-state index contributed by atoms with van der Waals surface area (Å²) >= 11 is 0. The van der Waals surface area contributed by atoms with Crippen LogP contribution in [0.15, 0.2) is 34.1 Å². The van der Waals surface area contributed by atoms with Crippen LogP contribution < -0.4 is 9.86 Å². The van der Waals surface area contributed by atoms with Crippen molar-refractivity contribution in [3.63, 3.8) is 0 Å². The summed E-state index contributed by atoms with van der Waals surface area (Å²) < 4.78 is 51.2. The highest BCUT2D eigenvalue weighted by molar-refractivity contribution is 7.89. The van der Waals surface area contributed by atoms with E-state index in [-0.39, 0.29) is 16.3 Å². The summed E-state index contributed by atoms with van der Waals surface area (Å²) in [5.41, 5.74) is 4.93. The van der Waals surface area contributed by atoms with Gasteiger partial charge in [0.05, 0.1) is 9.79 Å². The minimum Gasteiger partial charge on any atom is -0.225 e. The molecule has 2 aromatic carbocycles. The predicted molar refractivity (Wildman–Crippen MR) is 102 cm³/mol. The lowest BCUT2D eigenvalue weighted by molar-refractivity contribution is 0.579. The molecule has 3 N–H and O–H groups in total. The van der Waals surface area contributed by atoms with Gasteiger partial charge in [-0.15, -0.1) is 0 Å². The zero-order chi connectivity index (χ0) is 19.9. The fourth-order valence-corrected chi connectivity index (χ4v) is 5.15. The van der Waals surface area contributed by atoms with Gasteiger partial charge >= 0.3 is 0 Å². The van der Waals surface area contributed by atoms with Crippen molar-refractivity contribution in [3.05, 3.63) is 57.6 Å². The van der Waals surface area contributed by atoms with E-state index in [1.54, 1.807) is 19.9 Å². The first-order chi connectivity index (χ1) is 11.9. The largest absolute Gasteiger partial charge is 0.241 e. The van der Waals surface area contributed by atoms with E-state index in [9.17, 15) is 16.8 Å². The quantitative estimate of drug-likeness (QED) is 0.809. The van der Waals surface area contributed by atoms with E-state index in [0.29, 0.717) is 5.56 Å². The molecular weight excluding hydrogens is 372 g/mol. The Hall–Kier alpha value is -1.74. The lowest BCUT2D eigenvalue weighted by Gasteiger charge is -2.19. The van der Waals surface area contributed by atoms with Gasteiger partial charge in [-0.3, -0.25) is 0 Å². The van der Waals surface area contributed by atoms with Crippen molar-refractivity contribution < 1.29 is 16.8 Å². The molecule has 0 heterocycles. The maximum absolute atomic E-state index is 12.9. The molecule has 0 radical (unpaired) electrons. The Labute approximate surface area is 155 Å². The predicted octanol–water partition coefficient (Wildman–Crippen LogP) is 2.35. The Balaban J connectivity index is 2.40. The second-order valence-corrected chi connectivity index (χ2v) is 9.74. The fraction of sp³-hybridized carbons (Fsp3) is 0.333. The molecule has 0 aliphatic heterocycles. The van der Waals surface area contributed by atoms with Crippen molar-refractivity contribution in [2.75, 3.05) is 0 Å². The van der Waals surface area contributed by atoms with Crippen LogP contribution in [-0.2, 0) is 26.6 Å². The Bertz CT molecular complexity index is 1040. The molecule has 0 saturated carbocycles. The summed E-state index contributed by atoms with van der Waals surface area (Å²) in [5.74, 6) is 0. The van der Waals surface area contributed by atoms with E-state index in [1.165, 1.54) is 18.2 Å². The molecule has 142 valence electrons. The van der Waals surface area contributed by atoms with Crippen LogP contribution in [0.1, 0.15) is 33.4 Å². The van der Waals surface area contributed by atoms with E-state index < -0.39 is 20.0 Å². The number of benzene rings is 2. The number of sulfonamides is 2. The fourth-order valence-electron chi connectivity index (χ4n) is 2.95. The topological polar surface area (TPSA) is 106 Å². The maximum atomic E-state index is 12.9. The molecule has 2 aromatic rings. The first-order valence-corrected chi connectivity index (χ1v) is 11.1. The molecule has 0 aliphatic rings. The van der Waals surface area contributed by atoms with E-state index in [0.717, 1.165) is 27.8 Å². The van der Waals surface area contributed by atoms with Gasteiger partial charge in [0.1, 0.15) is 0 Å². The molecule has 0 bridgehead atoms. The van der Waals surface area contributed by atoms with Gasteiger partial charge < -0.3 is 0 Å². The van der Waals surface area contributed by atoms with Crippen LogP contribution in [-0.4, -0.2) is 16.8 Å². The highest BCUT2D eigenvalue weighted by Crippen LogP contribution is 2.29. The summed E-state index contributed by atoms with van der Waals surface area (Å²) in [5, 5.41) is 5.12. The average molecular weight is 397 g/mol. The molecule has 0 atom stereocenters. The molecule has 0 aromatic heterocycles. The van der Waals surface area contributed by atoms with Crippen molar-refractivity contribution in [1.82, 2.24) is 4.72 Å². The van der Waals surface area contributed by atoms with Crippen molar-refractivity contribution in [1.29, 1.82) is 0 Å². The zero-order valence-electron chi connectivity index (χ0n) is 15.5. The molecule has 0 spiro atoms. The Kier molecular flexibility index (Phi) is 5.63. The minimum atomic E-state index is -3.84. The Morgan fingerprint density at radius 1 is 0.846 bits per heavy atom. The molecule has 0 saturated heterocycles. The van der Waals surface area contributed by atoms with Gasteiger partial charge in [-0.05, 0) is 80.1 Å². The van der Waals surface area contributed by atoms with Gasteiger partial charge in [-0.25, -0.2) is 26.7 Å². The maximum Gasteiger partial charge on any atom is 0.241 e. The van der Waals surface area contributed by atoms with Gasteiger partial charge in [0.15, 0.2) is 0 Å². The van der Waals surface area contributed by atoms with Crippen LogP contribution in [0, 0.1) is 34.6 Å². The number of rotatable bonds is 5. The molecule has 6 nitrogen and oxygen atoms in total. The summed E-state index contributed by atoms with van der Waals surface area (Å²) in [4.78, 5) is 0.226. The van der Waals surface area contributed by atoms with Crippen LogP contribution in [0.25, 0.3) is 0 Å². The average Bonchev–Trinajstić information content (AvgIpc) is 2.56. The second kappa shape index (κ2) is 7.11. The van der Waals surface area contributed by atoms with Crippen LogP contribution in [0.4, 0.5) is 0 Å². The molecule has 0 amide bonds. The Morgan fingerprint density at radius 3 is 1.85 bits per heavy atom.